The Bertz CT molecular complexity index is 574. The first-order valence-corrected chi connectivity index (χ1v) is 8.42. The van der Waals surface area contributed by atoms with E-state index in [-0.39, 0.29) is 17.7 Å². The van der Waals surface area contributed by atoms with Crippen LogP contribution in [0.1, 0.15) is 30.1 Å². The van der Waals surface area contributed by atoms with E-state index in [2.05, 4.69) is 5.32 Å². The van der Waals surface area contributed by atoms with E-state index < -0.39 is 6.04 Å². The normalized spacial score (nSPS) is 18.8. The predicted octanol–water partition coefficient (Wildman–Crippen LogP) is 2.31. The summed E-state index contributed by atoms with van der Waals surface area (Å²) in [5.41, 5.74) is 5.95. The third-order valence-electron chi connectivity index (χ3n) is 3.95. The molecular weight excluding hydrogens is 337 g/mol. The highest BCUT2D eigenvalue weighted by atomic mass is 35.5. The van der Waals surface area contributed by atoms with Crippen LogP contribution in [0.5, 0.6) is 0 Å². The minimum absolute atomic E-state index is 0.135. The van der Waals surface area contributed by atoms with Gasteiger partial charge in [-0.2, -0.15) is 0 Å². The Kier molecular flexibility index (Phi) is 6.27. The molecule has 126 valence electrons. The van der Waals surface area contributed by atoms with Gasteiger partial charge in [0, 0.05) is 28.7 Å². The van der Waals surface area contributed by atoms with Gasteiger partial charge < -0.3 is 16.0 Å². The number of likely N-dealkylation sites (tertiary alicyclic amines) is 1. The maximum absolute atomic E-state index is 12.7. The molecule has 1 aliphatic heterocycles. The molecule has 1 saturated heterocycles. The number of benzene rings is 1. The minimum Gasteiger partial charge on any atom is -0.354 e. The zero-order chi connectivity index (χ0) is 17.0. The van der Waals surface area contributed by atoms with E-state index >= 15 is 0 Å². The molecule has 2 amide bonds. The van der Waals surface area contributed by atoms with Crippen molar-refractivity contribution in [3.63, 3.8) is 0 Å². The summed E-state index contributed by atoms with van der Waals surface area (Å²) in [6.07, 6.45) is 1.45. The molecule has 1 fully saturated rings. The van der Waals surface area contributed by atoms with Crippen molar-refractivity contribution in [2.75, 3.05) is 19.6 Å². The quantitative estimate of drug-likeness (QED) is 0.848. The van der Waals surface area contributed by atoms with Crippen molar-refractivity contribution >= 4 is 35.0 Å². The van der Waals surface area contributed by atoms with Crippen LogP contribution < -0.4 is 11.1 Å². The molecule has 0 saturated carbocycles. The maximum atomic E-state index is 12.7. The van der Waals surface area contributed by atoms with Crippen molar-refractivity contribution in [1.82, 2.24) is 10.2 Å². The van der Waals surface area contributed by atoms with E-state index in [0.717, 1.165) is 6.42 Å². The highest BCUT2D eigenvalue weighted by Crippen LogP contribution is 2.24. The molecule has 2 unspecified atom stereocenters. The number of nitrogens with two attached hydrogens (primary N) is 1. The van der Waals surface area contributed by atoms with Gasteiger partial charge in [-0.1, -0.05) is 30.1 Å². The number of carbonyl (C=O) groups is 2. The van der Waals surface area contributed by atoms with Crippen LogP contribution in [0, 0.1) is 5.92 Å². The fourth-order valence-electron chi connectivity index (χ4n) is 2.60. The largest absolute Gasteiger partial charge is 0.354 e. The first-order valence-electron chi connectivity index (χ1n) is 7.67. The Labute approximate surface area is 146 Å². The van der Waals surface area contributed by atoms with Gasteiger partial charge in [-0.15, -0.1) is 0 Å². The molecule has 1 aliphatic rings. The molecule has 0 radical (unpaired) electrons. The molecule has 23 heavy (non-hydrogen) atoms. The van der Waals surface area contributed by atoms with E-state index in [4.69, 9.17) is 28.9 Å². The zero-order valence-electron chi connectivity index (χ0n) is 13.0. The van der Waals surface area contributed by atoms with Crippen LogP contribution in [0.15, 0.2) is 18.2 Å². The SMILES string of the molecule is CC(CN)CNC(=O)C1CCCN1C(=O)c1cc(Cl)cc(Cl)c1. The van der Waals surface area contributed by atoms with Gasteiger partial charge in [0.25, 0.3) is 5.91 Å². The Morgan fingerprint density at radius 3 is 2.61 bits per heavy atom. The Morgan fingerprint density at radius 1 is 1.35 bits per heavy atom. The molecule has 5 nitrogen and oxygen atoms in total. The number of carbonyl (C=O) groups excluding carboxylic acids is 2. The molecular formula is C16H21Cl2N3O2. The summed E-state index contributed by atoms with van der Waals surface area (Å²) >= 11 is 11.9. The lowest BCUT2D eigenvalue weighted by Crippen LogP contribution is -2.47. The number of hydrogen-bond donors (Lipinski definition) is 2. The summed E-state index contributed by atoms with van der Waals surface area (Å²) in [5, 5.41) is 3.67. The molecule has 0 spiro atoms. The van der Waals surface area contributed by atoms with Crippen LogP contribution in [0.3, 0.4) is 0 Å². The molecule has 7 heteroatoms. The van der Waals surface area contributed by atoms with Crippen molar-refractivity contribution in [3.05, 3.63) is 33.8 Å². The summed E-state index contributed by atoms with van der Waals surface area (Å²) < 4.78 is 0. The van der Waals surface area contributed by atoms with Crippen molar-refractivity contribution in [2.45, 2.75) is 25.8 Å². The van der Waals surface area contributed by atoms with Crippen LogP contribution >= 0.6 is 23.2 Å². The van der Waals surface area contributed by atoms with Crippen molar-refractivity contribution in [3.8, 4) is 0 Å². The van der Waals surface area contributed by atoms with Gasteiger partial charge >= 0.3 is 0 Å². The fraction of sp³-hybridized carbons (Fsp3) is 0.500. The average molecular weight is 358 g/mol. The summed E-state index contributed by atoms with van der Waals surface area (Å²) in [6.45, 7) is 3.53. The van der Waals surface area contributed by atoms with Gasteiger partial charge in [-0.05, 0) is 43.5 Å². The molecule has 1 aromatic carbocycles. The third kappa shape index (κ3) is 4.59. The lowest BCUT2D eigenvalue weighted by Gasteiger charge is -2.24. The highest BCUT2D eigenvalue weighted by molar-refractivity contribution is 6.35. The number of halogens is 2. The summed E-state index contributed by atoms with van der Waals surface area (Å²) in [4.78, 5) is 26.6. The van der Waals surface area contributed by atoms with E-state index in [1.165, 1.54) is 0 Å². The van der Waals surface area contributed by atoms with E-state index in [1.807, 2.05) is 6.92 Å². The van der Waals surface area contributed by atoms with Gasteiger partial charge in [0.05, 0.1) is 0 Å². The lowest BCUT2D eigenvalue weighted by molar-refractivity contribution is -0.125. The van der Waals surface area contributed by atoms with Gasteiger partial charge in [0.15, 0.2) is 0 Å². The van der Waals surface area contributed by atoms with Gasteiger partial charge in [-0.3, -0.25) is 9.59 Å². The first kappa shape index (κ1) is 18.0. The average Bonchev–Trinajstić information content (AvgIpc) is 3.00. The molecule has 0 aliphatic carbocycles. The number of amides is 2. The molecule has 2 atom stereocenters. The second-order valence-corrected chi connectivity index (χ2v) is 6.77. The molecule has 0 bridgehead atoms. The van der Waals surface area contributed by atoms with Crippen molar-refractivity contribution in [1.29, 1.82) is 0 Å². The van der Waals surface area contributed by atoms with Gasteiger partial charge in [0.1, 0.15) is 6.04 Å². The van der Waals surface area contributed by atoms with E-state index in [0.29, 0.717) is 41.7 Å². The number of nitrogens with one attached hydrogen (secondary N) is 1. The monoisotopic (exact) mass is 357 g/mol. The van der Waals surface area contributed by atoms with Crippen LogP contribution in [0.2, 0.25) is 10.0 Å². The standard InChI is InChI=1S/C16H21Cl2N3O2/c1-10(8-19)9-20-15(22)14-3-2-4-21(14)16(23)11-5-12(17)7-13(18)6-11/h5-7,10,14H,2-4,8-9,19H2,1H3,(H,20,22). The molecule has 2 rings (SSSR count). The molecule has 1 aromatic rings. The minimum atomic E-state index is -0.453. The Hall–Kier alpha value is -1.30. The van der Waals surface area contributed by atoms with Crippen LogP contribution in [0.25, 0.3) is 0 Å². The summed E-state index contributed by atoms with van der Waals surface area (Å²) in [7, 11) is 0. The van der Waals surface area contributed by atoms with Crippen LogP contribution in [0.4, 0.5) is 0 Å². The van der Waals surface area contributed by atoms with Gasteiger partial charge in [0.2, 0.25) is 5.91 Å². The zero-order valence-corrected chi connectivity index (χ0v) is 14.5. The maximum Gasteiger partial charge on any atom is 0.254 e. The van der Waals surface area contributed by atoms with E-state index in [1.54, 1.807) is 23.1 Å². The van der Waals surface area contributed by atoms with Crippen LogP contribution in [-0.4, -0.2) is 42.4 Å². The predicted molar refractivity (Wildman–Crippen MR) is 91.7 cm³/mol. The first-order chi connectivity index (χ1) is 10.9. The fourth-order valence-corrected chi connectivity index (χ4v) is 3.13. The summed E-state index contributed by atoms with van der Waals surface area (Å²) in [6, 6.07) is 4.26. The summed E-state index contributed by atoms with van der Waals surface area (Å²) in [5.74, 6) is -0.153. The molecule has 0 aromatic heterocycles. The van der Waals surface area contributed by atoms with Gasteiger partial charge in [-0.25, -0.2) is 0 Å². The Morgan fingerprint density at radius 2 is 2.00 bits per heavy atom. The molecule has 3 N–H and O–H groups in total. The number of hydrogen-bond acceptors (Lipinski definition) is 3. The number of nitrogens with zero attached hydrogens (tertiary/aromatic N) is 1. The highest BCUT2D eigenvalue weighted by Gasteiger charge is 2.34. The lowest BCUT2D eigenvalue weighted by atomic mass is 10.1. The Balaban J connectivity index is 2.08. The van der Waals surface area contributed by atoms with Crippen molar-refractivity contribution < 1.29 is 9.59 Å². The van der Waals surface area contributed by atoms with Crippen LogP contribution in [-0.2, 0) is 4.79 Å². The number of rotatable bonds is 5. The smallest absolute Gasteiger partial charge is 0.254 e. The third-order valence-corrected chi connectivity index (χ3v) is 4.39. The van der Waals surface area contributed by atoms with E-state index in [9.17, 15) is 9.59 Å². The van der Waals surface area contributed by atoms with Crippen molar-refractivity contribution in [2.24, 2.45) is 11.7 Å². The second kappa shape index (κ2) is 7.99. The second-order valence-electron chi connectivity index (χ2n) is 5.90. The topological polar surface area (TPSA) is 75.4 Å². The molecule has 1 heterocycles.